The molecule has 0 aromatic heterocycles. The van der Waals surface area contributed by atoms with E-state index in [1.165, 1.54) is 0 Å². The topological polar surface area (TPSA) is 38.8 Å². The summed E-state index contributed by atoms with van der Waals surface area (Å²) in [6.07, 6.45) is 0.851. The van der Waals surface area contributed by atoms with Crippen LogP contribution < -0.4 is 0 Å². The van der Waals surface area contributed by atoms with Crippen LogP contribution in [-0.2, 0) is 14.3 Å². The molecule has 0 aromatic carbocycles. The molecule has 5 heteroatoms. The van der Waals surface area contributed by atoms with Crippen molar-refractivity contribution < 1.29 is 14.3 Å². The zero-order chi connectivity index (χ0) is 13.3. The minimum Gasteiger partial charge on any atom is -0.385 e. The van der Waals surface area contributed by atoms with Gasteiger partial charge in [-0.2, -0.15) is 0 Å². The van der Waals surface area contributed by atoms with Crippen molar-refractivity contribution in [2.75, 3.05) is 40.5 Å². The first-order valence-electron chi connectivity index (χ1n) is 5.95. The van der Waals surface area contributed by atoms with E-state index in [0.717, 1.165) is 6.42 Å². The molecular weight excluding hydrogens is 286 g/mol. The van der Waals surface area contributed by atoms with Crippen molar-refractivity contribution in [1.82, 2.24) is 4.90 Å². The van der Waals surface area contributed by atoms with E-state index in [9.17, 15) is 4.79 Å². The maximum atomic E-state index is 12.2. The molecule has 1 amide bonds. The van der Waals surface area contributed by atoms with E-state index < -0.39 is 0 Å². The lowest BCUT2D eigenvalue weighted by molar-refractivity contribution is -0.132. The fraction of sp³-hybridized carbons (Fsp3) is 0.917. The summed E-state index contributed by atoms with van der Waals surface area (Å²) in [5.41, 5.74) is 0. The SMILES string of the molecule is COCCCN(CCOC)C(=O)C(Br)C(C)C. The third kappa shape index (κ3) is 7.01. The van der Waals surface area contributed by atoms with Crippen LogP contribution in [0, 0.1) is 5.92 Å². The fourth-order valence-electron chi connectivity index (χ4n) is 1.39. The van der Waals surface area contributed by atoms with Gasteiger partial charge in [0.25, 0.3) is 0 Å². The Balaban J connectivity index is 4.28. The zero-order valence-corrected chi connectivity index (χ0v) is 12.8. The quantitative estimate of drug-likeness (QED) is 0.482. The minimum absolute atomic E-state index is 0.123. The molecule has 0 radical (unpaired) electrons. The van der Waals surface area contributed by atoms with Gasteiger partial charge in [-0.3, -0.25) is 4.79 Å². The van der Waals surface area contributed by atoms with E-state index in [2.05, 4.69) is 15.9 Å². The van der Waals surface area contributed by atoms with Crippen molar-refractivity contribution in [3.8, 4) is 0 Å². The number of methoxy groups -OCH3 is 2. The third-order valence-electron chi connectivity index (χ3n) is 2.47. The zero-order valence-electron chi connectivity index (χ0n) is 11.2. The number of alkyl halides is 1. The number of halogens is 1. The third-order valence-corrected chi connectivity index (χ3v) is 3.92. The molecule has 0 aliphatic rings. The number of ether oxygens (including phenoxy) is 2. The van der Waals surface area contributed by atoms with Crippen LogP contribution >= 0.6 is 15.9 Å². The van der Waals surface area contributed by atoms with Gasteiger partial charge in [0.2, 0.25) is 5.91 Å². The van der Waals surface area contributed by atoms with E-state index >= 15 is 0 Å². The Morgan fingerprint density at radius 2 is 1.76 bits per heavy atom. The van der Waals surface area contributed by atoms with Gasteiger partial charge in [0.1, 0.15) is 0 Å². The van der Waals surface area contributed by atoms with Gasteiger partial charge >= 0.3 is 0 Å². The summed E-state index contributed by atoms with van der Waals surface area (Å²) < 4.78 is 10.0. The first-order chi connectivity index (χ1) is 8.04. The largest absolute Gasteiger partial charge is 0.385 e. The highest BCUT2D eigenvalue weighted by Gasteiger charge is 2.23. The lowest BCUT2D eigenvalue weighted by atomic mass is 10.1. The Labute approximate surface area is 113 Å². The molecule has 0 N–H and O–H groups in total. The van der Waals surface area contributed by atoms with Crippen LogP contribution in [0.15, 0.2) is 0 Å². The molecule has 0 heterocycles. The second-order valence-electron chi connectivity index (χ2n) is 4.31. The van der Waals surface area contributed by atoms with Crippen molar-refractivity contribution in [3.05, 3.63) is 0 Å². The molecule has 0 aliphatic heterocycles. The monoisotopic (exact) mass is 309 g/mol. The molecular formula is C12H24BrNO3. The summed E-state index contributed by atoms with van der Waals surface area (Å²) in [6, 6.07) is 0. The first-order valence-corrected chi connectivity index (χ1v) is 6.86. The van der Waals surface area contributed by atoms with Gasteiger partial charge in [0.05, 0.1) is 11.4 Å². The lowest BCUT2D eigenvalue weighted by Gasteiger charge is -2.26. The molecule has 0 spiro atoms. The van der Waals surface area contributed by atoms with Crippen molar-refractivity contribution in [3.63, 3.8) is 0 Å². The summed E-state index contributed by atoms with van der Waals surface area (Å²) in [4.78, 5) is 13.9. The Morgan fingerprint density at radius 1 is 1.18 bits per heavy atom. The van der Waals surface area contributed by atoms with Crippen molar-refractivity contribution in [2.24, 2.45) is 5.92 Å². The molecule has 102 valence electrons. The average Bonchev–Trinajstić information content (AvgIpc) is 2.31. The van der Waals surface area contributed by atoms with Gasteiger partial charge in [-0.1, -0.05) is 29.8 Å². The van der Waals surface area contributed by atoms with Gasteiger partial charge in [0, 0.05) is 33.9 Å². The number of hydrogen-bond donors (Lipinski definition) is 0. The molecule has 0 rings (SSSR count). The maximum absolute atomic E-state index is 12.2. The van der Waals surface area contributed by atoms with Crippen molar-refractivity contribution in [2.45, 2.75) is 25.1 Å². The summed E-state index contributed by atoms with van der Waals surface area (Å²) in [5, 5.41) is 0. The van der Waals surface area contributed by atoms with Crippen LogP contribution in [-0.4, -0.2) is 56.2 Å². The number of nitrogens with zero attached hydrogens (tertiary/aromatic N) is 1. The number of carbonyl (C=O) groups is 1. The van der Waals surface area contributed by atoms with Crippen LogP contribution in [0.3, 0.4) is 0 Å². The predicted octanol–water partition coefficient (Wildman–Crippen LogP) is 1.92. The lowest BCUT2D eigenvalue weighted by Crippen LogP contribution is -2.41. The second-order valence-corrected chi connectivity index (χ2v) is 5.30. The van der Waals surface area contributed by atoms with E-state index in [4.69, 9.17) is 9.47 Å². The van der Waals surface area contributed by atoms with Gasteiger partial charge in [-0.05, 0) is 12.3 Å². The molecule has 1 atom stereocenters. The minimum atomic E-state index is -0.123. The van der Waals surface area contributed by atoms with E-state index in [1.807, 2.05) is 18.7 Å². The number of carbonyl (C=O) groups excluding carboxylic acids is 1. The highest BCUT2D eigenvalue weighted by molar-refractivity contribution is 9.10. The number of amides is 1. The summed E-state index contributed by atoms with van der Waals surface area (Å²) in [7, 11) is 3.31. The van der Waals surface area contributed by atoms with Crippen LogP contribution in [0.25, 0.3) is 0 Å². The number of rotatable bonds is 9. The van der Waals surface area contributed by atoms with Gasteiger partial charge in [0.15, 0.2) is 0 Å². The summed E-state index contributed by atoms with van der Waals surface area (Å²) in [6.45, 7) is 6.64. The maximum Gasteiger partial charge on any atom is 0.236 e. The highest BCUT2D eigenvalue weighted by atomic mass is 79.9. The highest BCUT2D eigenvalue weighted by Crippen LogP contribution is 2.15. The molecule has 0 saturated heterocycles. The summed E-state index contributed by atoms with van der Waals surface area (Å²) in [5.74, 6) is 0.420. The molecule has 0 bridgehead atoms. The Bertz CT molecular complexity index is 212. The van der Waals surface area contributed by atoms with Crippen LogP contribution in [0.2, 0.25) is 0 Å². The van der Waals surface area contributed by atoms with Crippen molar-refractivity contribution in [1.29, 1.82) is 0 Å². The van der Waals surface area contributed by atoms with Crippen LogP contribution in [0.4, 0.5) is 0 Å². The van der Waals surface area contributed by atoms with Crippen LogP contribution in [0.1, 0.15) is 20.3 Å². The van der Waals surface area contributed by atoms with Crippen molar-refractivity contribution >= 4 is 21.8 Å². The van der Waals surface area contributed by atoms with E-state index in [-0.39, 0.29) is 16.7 Å². The molecule has 0 aliphatic carbocycles. The average molecular weight is 310 g/mol. The standard InChI is InChI=1S/C12H24BrNO3/c1-10(2)11(13)12(15)14(7-9-17-4)6-5-8-16-3/h10-11H,5-9H2,1-4H3. The predicted molar refractivity (Wildman–Crippen MR) is 72.5 cm³/mol. The van der Waals surface area contributed by atoms with Gasteiger partial charge < -0.3 is 14.4 Å². The molecule has 17 heavy (non-hydrogen) atoms. The molecule has 0 saturated carbocycles. The van der Waals surface area contributed by atoms with E-state index in [1.54, 1.807) is 14.2 Å². The summed E-state index contributed by atoms with van der Waals surface area (Å²) >= 11 is 3.45. The molecule has 1 unspecified atom stereocenters. The Morgan fingerprint density at radius 3 is 2.24 bits per heavy atom. The first kappa shape index (κ1) is 16.9. The molecule has 0 aromatic rings. The second kappa shape index (κ2) is 9.85. The smallest absolute Gasteiger partial charge is 0.236 e. The molecule has 0 fully saturated rings. The normalized spacial score (nSPS) is 12.8. The Hall–Kier alpha value is -0.130. The van der Waals surface area contributed by atoms with Crippen LogP contribution in [0.5, 0.6) is 0 Å². The van der Waals surface area contributed by atoms with Gasteiger partial charge in [-0.25, -0.2) is 0 Å². The fourth-order valence-corrected chi connectivity index (χ4v) is 1.68. The van der Waals surface area contributed by atoms with Gasteiger partial charge in [-0.15, -0.1) is 0 Å². The Kier molecular flexibility index (Phi) is 9.78. The molecule has 4 nitrogen and oxygen atoms in total. The van der Waals surface area contributed by atoms with E-state index in [0.29, 0.717) is 26.3 Å². The number of hydrogen-bond acceptors (Lipinski definition) is 3.